The van der Waals surface area contributed by atoms with Crippen LogP contribution in [-0.2, 0) is 14.3 Å². The number of rotatable bonds is 8. The second-order valence-electron chi connectivity index (χ2n) is 8.18. The summed E-state index contributed by atoms with van der Waals surface area (Å²) in [7, 11) is 0. The van der Waals surface area contributed by atoms with Crippen LogP contribution in [0, 0.1) is 0 Å². The molecule has 13 heteroatoms. The van der Waals surface area contributed by atoms with Gasteiger partial charge in [-0.05, 0) is 49.7 Å². The normalized spacial score (nSPS) is 17.4. The van der Waals surface area contributed by atoms with E-state index in [0.717, 1.165) is 17.5 Å². The molecule has 1 aromatic carbocycles. The third-order valence-corrected chi connectivity index (χ3v) is 6.96. The molecule has 2 amide bonds. The first-order valence-corrected chi connectivity index (χ1v) is 12.5. The van der Waals surface area contributed by atoms with Crippen LogP contribution in [0.15, 0.2) is 59.8 Å². The van der Waals surface area contributed by atoms with E-state index >= 15 is 4.48 Å². The number of carbonyl (C=O) groups excluding carboxylic acids is 3. The predicted molar refractivity (Wildman–Crippen MR) is 136 cm³/mol. The number of ether oxygens (including phenoxy) is 1. The molecule has 0 spiro atoms. The number of nitrogens with one attached hydrogen (secondary N) is 1. The van der Waals surface area contributed by atoms with Gasteiger partial charge >= 0.3 is 5.97 Å². The van der Waals surface area contributed by atoms with Gasteiger partial charge in [0.25, 0.3) is 17.4 Å². The molecule has 0 radical (unpaired) electrons. The average molecular weight is 548 g/mol. The van der Waals surface area contributed by atoms with E-state index in [1.54, 1.807) is 19.1 Å². The minimum Gasteiger partial charge on any atom is -0.465 e. The molecular weight excluding hydrogens is 525 g/mol. The fourth-order valence-corrected chi connectivity index (χ4v) is 5.01. The summed E-state index contributed by atoms with van der Waals surface area (Å²) in [6.07, 6.45) is 4.16. The molecule has 0 saturated carbocycles. The highest BCUT2D eigenvalue weighted by Gasteiger charge is 2.41. The van der Waals surface area contributed by atoms with Gasteiger partial charge in [-0.3, -0.25) is 33.6 Å². The number of carbonyl (C=O) groups is 3. The Kier molecular flexibility index (Phi) is 8.31. The number of thiophene rings is 1. The Labute approximate surface area is 220 Å². The average Bonchev–Trinajstić information content (AvgIpc) is 3.49. The van der Waals surface area contributed by atoms with Crippen LogP contribution in [0.3, 0.4) is 0 Å². The highest BCUT2D eigenvalue weighted by molar-refractivity contribution is 7.18. The van der Waals surface area contributed by atoms with Crippen LogP contribution in [0.1, 0.15) is 23.0 Å². The predicted octanol–water partition coefficient (Wildman–Crippen LogP) is 2.60. The van der Waals surface area contributed by atoms with Crippen LogP contribution in [0.25, 0.3) is 5.69 Å². The van der Waals surface area contributed by atoms with E-state index in [2.05, 4.69) is 10.3 Å². The van der Waals surface area contributed by atoms with Gasteiger partial charge in [0.15, 0.2) is 0 Å². The fraction of sp³-hybridized carbons (Fsp3) is 0.292. The topological polar surface area (TPSA) is 114 Å². The molecule has 1 saturated heterocycles. The first kappa shape index (κ1) is 26.5. The first-order chi connectivity index (χ1) is 17.8. The lowest BCUT2D eigenvalue weighted by molar-refractivity contribution is -0.145. The molecule has 1 aliphatic rings. The number of anilines is 1. The van der Waals surface area contributed by atoms with E-state index in [1.165, 1.54) is 46.1 Å². The number of hydrogen-bond donors (Lipinski definition) is 1. The maximum Gasteiger partial charge on any atom is 0.320 e. The van der Waals surface area contributed by atoms with Crippen molar-refractivity contribution in [3.05, 3.63) is 74.6 Å². The number of likely N-dealkylation sites (tertiary alicyclic amines) is 1. The van der Waals surface area contributed by atoms with Crippen LogP contribution in [0.4, 0.5) is 10.2 Å². The van der Waals surface area contributed by atoms with Crippen molar-refractivity contribution in [1.82, 2.24) is 19.8 Å². The maximum atomic E-state index is 15.3. The van der Waals surface area contributed by atoms with Gasteiger partial charge in [0.1, 0.15) is 0 Å². The maximum absolute atomic E-state index is 15.3. The largest absolute Gasteiger partial charge is 0.465 e. The van der Waals surface area contributed by atoms with Gasteiger partial charge in [-0.15, -0.1) is 16.5 Å². The van der Waals surface area contributed by atoms with Crippen molar-refractivity contribution in [2.24, 2.45) is 0 Å². The molecule has 0 unspecified atom stereocenters. The fourth-order valence-electron chi connectivity index (χ4n) is 4.07. The Morgan fingerprint density at radius 3 is 2.65 bits per heavy atom. The lowest BCUT2D eigenvalue weighted by Crippen LogP contribution is -2.45. The van der Waals surface area contributed by atoms with Crippen molar-refractivity contribution in [2.75, 3.05) is 24.8 Å². The highest BCUT2D eigenvalue weighted by Crippen LogP contribution is 2.26. The third-order valence-electron chi connectivity index (χ3n) is 5.73. The summed E-state index contributed by atoms with van der Waals surface area (Å²) in [6, 6.07) is 7.39. The quantitative estimate of drug-likeness (QED) is 0.340. The van der Waals surface area contributed by atoms with Crippen molar-refractivity contribution in [1.29, 1.82) is 0 Å². The van der Waals surface area contributed by atoms with Crippen molar-refractivity contribution in [3.63, 3.8) is 0 Å². The lowest BCUT2D eigenvalue weighted by Gasteiger charge is -2.24. The van der Waals surface area contributed by atoms with Crippen molar-refractivity contribution < 1.29 is 23.6 Å². The second kappa shape index (κ2) is 11.6. The lowest BCUT2D eigenvalue weighted by atomic mass is 10.1. The number of benzene rings is 1. The van der Waals surface area contributed by atoms with Crippen molar-refractivity contribution in [2.45, 2.75) is 25.4 Å². The molecule has 3 aromatic rings. The third kappa shape index (κ3) is 6.21. The second-order valence-corrected chi connectivity index (χ2v) is 9.90. The number of aromatic nitrogens is 2. The molecule has 0 bridgehead atoms. The molecule has 2 atom stereocenters. The smallest absolute Gasteiger partial charge is 0.320 e. The zero-order valence-corrected chi connectivity index (χ0v) is 21.2. The Balaban J connectivity index is 1.49. The minimum absolute atomic E-state index is 0.00513. The Hall–Kier alpha value is -3.61. The molecule has 0 aliphatic carbocycles. The molecule has 1 fully saturated rings. The molecule has 3 heterocycles. The van der Waals surface area contributed by atoms with Crippen LogP contribution in [0.2, 0.25) is 4.34 Å². The standard InChI is InChI=1S/C24H23ClFN5O5S/c1-2-36-22(33)14-29-13-15(28-23(34)19-7-8-20(25)37-19)11-18(29)24(35)31(26)17-5-3-16(4-6-17)30-10-9-27-12-21(30)32/h3-10,12,15,18H,2,11,13-14H2,1H3,(H,28,34)/t15-,18-/m0/s1. The monoisotopic (exact) mass is 547 g/mol. The van der Waals surface area contributed by atoms with Gasteiger partial charge < -0.3 is 10.1 Å². The van der Waals surface area contributed by atoms with Gasteiger partial charge in [0, 0.05) is 30.7 Å². The van der Waals surface area contributed by atoms with Crippen molar-refractivity contribution in [3.8, 4) is 5.69 Å². The molecule has 194 valence electrons. The number of nitrogens with zero attached hydrogens (tertiary/aromatic N) is 4. The van der Waals surface area contributed by atoms with Gasteiger partial charge in [0.05, 0.1) is 40.3 Å². The number of amides is 2. The van der Waals surface area contributed by atoms with E-state index in [-0.39, 0.29) is 48.4 Å². The number of esters is 1. The summed E-state index contributed by atoms with van der Waals surface area (Å²) in [5, 5.41) is 2.83. The Morgan fingerprint density at radius 1 is 1.24 bits per heavy atom. The molecule has 1 aliphatic heterocycles. The van der Waals surface area contributed by atoms with Crippen LogP contribution in [-0.4, -0.2) is 64.0 Å². The summed E-state index contributed by atoms with van der Waals surface area (Å²) in [4.78, 5) is 55.5. The van der Waals surface area contributed by atoms with E-state index in [9.17, 15) is 19.2 Å². The van der Waals surface area contributed by atoms with E-state index < -0.39 is 24.0 Å². The first-order valence-electron chi connectivity index (χ1n) is 11.4. The molecular formula is C24H23ClFN5O5S. The van der Waals surface area contributed by atoms with Crippen molar-refractivity contribution >= 4 is 46.4 Å². The molecule has 10 nitrogen and oxygen atoms in total. The number of halogens is 2. The van der Waals surface area contributed by atoms with Gasteiger partial charge in [-0.2, -0.15) is 0 Å². The summed E-state index contributed by atoms with van der Waals surface area (Å²) in [5.41, 5.74) is 0.0628. The Morgan fingerprint density at radius 2 is 2.00 bits per heavy atom. The van der Waals surface area contributed by atoms with E-state index in [0.29, 0.717) is 14.9 Å². The minimum atomic E-state index is -1.02. The van der Waals surface area contributed by atoms with Crippen LogP contribution >= 0.6 is 22.9 Å². The molecule has 2 aromatic heterocycles. The summed E-state index contributed by atoms with van der Waals surface area (Å²) >= 11 is 7.02. The highest BCUT2D eigenvalue weighted by atomic mass is 35.5. The Bertz CT molecular complexity index is 1350. The number of hydrogen-bond acceptors (Lipinski definition) is 8. The SMILES string of the molecule is CCOC(=O)CN1C[C@@H](NC(=O)c2ccc(Cl)s2)C[C@H]1C(=O)N(F)c1ccc(-n2ccncc2=O)cc1. The zero-order chi connectivity index (χ0) is 26.5. The summed E-state index contributed by atoms with van der Waals surface area (Å²) < 4.78 is 22.1. The van der Waals surface area contributed by atoms with Crippen LogP contribution in [0.5, 0.6) is 0 Å². The molecule has 4 rings (SSSR count). The molecule has 37 heavy (non-hydrogen) atoms. The van der Waals surface area contributed by atoms with Gasteiger partial charge in [0.2, 0.25) is 0 Å². The zero-order valence-electron chi connectivity index (χ0n) is 19.7. The van der Waals surface area contributed by atoms with E-state index in [4.69, 9.17) is 16.3 Å². The van der Waals surface area contributed by atoms with Gasteiger partial charge in [-0.25, -0.2) is 0 Å². The van der Waals surface area contributed by atoms with Crippen LogP contribution < -0.4 is 16.0 Å². The molecule has 1 N–H and O–H groups in total. The summed E-state index contributed by atoms with van der Waals surface area (Å²) in [5.74, 6) is -1.82. The summed E-state index contributed by atoms with van der Waals surface area (Å²) in [6.45, 7) is 1.73. The van der Waals surface area contributed by atoms with Gasteiger partial charge in [-0.1, -0.05) is 16.1 Å². The van der Waals surface area contributed by atoms with E-state index in [1.807, 2.05) is 0 Å².